The van der Waals surface area contributed by atoms with Crippen LogP contribution in [0.25, 0.3) is 0 Å². The molecule has 0 aliphatic rings. The third-order valence-corrected chi connectivity index (χ3v) is 3.48. The van der Waals surface area contributed by atoms with Crippen molar-refractivity contribution in [3.63, 3.8) is 0 Å². The van der Waals surface area contributed by atoms with Gasteiger partial charge in [-0.15, -0.1) is 0 Å². The van der Waals surface area contributed by atoms with Crippen LogP contribution in [-0.4, -0.2) is 24.2 Å². The van der Waals surface area contributed by atoms with E-state index in [9.17, 15) is 9.59 Å². The molecule has 0 bridgehead atoms. The predicted octanol–water partition coefficient (Wildman–Crippen LogP) is 3.91. The highest BCUT2D eigenvalue weighted by atomic mass is 16.2. The Kier molecular flexibility index (Phi) is 16.4. The van der Waals surface area contributed by atoms with E-state index in [0.717, 1.165) is 51.4 Å². The molecule has 6 nitrogen and oxygen atoms in total. The Morgan fingerprint density at radius 3 is 1.33 bits per heavy atom. The number of nitrogens with one attached hydrogen (secondary N) is 2. The van der Waals surface area contributed by atoms with Gasteiger partial charge in [-0.2, -0.15) is 10.2 Å². The maximum absolute atomic E-state index is 11.4. The van der Waals surface area contributed by atoms with E-state index in [2.05, 4.69) is 21.1 Å². The topological polar surface area (TPSA) is 82.9 Å². The average molecular weight is 338 g/mol. The SMILES string of the molecule is CCC=NNC(=O)CCCCCCCCCCC(=O)NN=CCC. The van der Waals surface area contributed by atoms with Crippen molar-refractivity contribution in [2.24, 2.45) is 10.2 Å². The number of nitrogens with zero attached hydrogens (tertiary/aromatic N) is 2. The van der Waals surface area contributed by atoms with Crippen molar-refractivity contribution in [1.29, 1.82) is 0 Å². The van der Waals surface area contributed by atoms with Gasteiger partial charge in [-0.1, -0.05) is 52.4 Å². The molecule has 24 heavy (non-hydrogen) atoms. The third-order valence-electron chi connectivity index (χ3n) is 3.48. The Hall–Kier alpha value is -1.72. The molecule has 0 rings (SSSR count). The Balaban J connectivity index is 3.28. The van der Waals surface area contributed by atoms with Crippen molar-refractivity contribution < 1.29 is 9.59 Å². The number of hydrogen-bond donors (Lipinski definition) is 2. The monoisotopic (exact) mass is 338 g/mol. The molecule has 0 aliphatic carbocycles. The first-order valence-corrected chi connectivity index (χ1v) is 9.31. The van der Waals surface area contributed by atoms with Crippen LogP contribution in [0.15, 0.2) is 10.2 Å². The molecule has 0 atom stereocenters. The van der Waals surface area contributed by atoms with Gasteiger partial charge in [-0.3, -0.25) is 9.59 Å². The van der Waals surface area contributed by atoms with Crippen molar-refractivity contribution in [1.82, 2.24) is 10.9 Å². The summed E-state index contributed by atoms with van der Waals surface area (Å²) in [5.41, 5.74) is 5.05. The molecule has 2 N–H and O–H groups in total. The standard InChI is InChI=1S/C18H34N4O2/c1-3-15-19-21-17(23)13-11-9-7-5-6-8-10-12-14-18(24)22-20-16-4-2/h15-16H,3-14H2,1-2H3,(H,21,23)(H,22,24). The molecule has 0 saturated heterocycles. The van der Waals surface area contributed by atoms with Crippen LogP contribution in [0.1, 0.15) is 90.9 Å². The molecular weight excluding hydrogens is 304 g/mol. The average Bonchev–Trinajstić information content (AvgIpc) is 2.57. The molecule has 0 radical (unpaired) electrons. The second-order valence-electron chi connectivity index (χ2n) is 5.84. The Bertz CT molecular complexity index is 345. The first-order valence-electron chi connectivity index (χ1n) is 9.31. The van der Waals surface area contributed by atoms with Gasteiger partial charge in [0.15, 0.2) is 0 Å². The van der Waals surface area contributed by atoms with E-state index < -0.39 is 0 Å². The predicted molar refractivity (Wildman–Crippen MR) is 100 cm³/mol. The molecule has 0 fully saturated rings. The zero-order valence-corrected chi connectivity index (χ0v) is 15.4. The molecule has 0 aromatic carbocycles. The van der Waals surface area contributed by atoms with Crippen molar-refractivity contribution in [2.45, 2.75) is 90.9 Å². The highest BCUT2D eigenvalue weighted by Crippen LogP contribution is 2.10. The minimum atomic E-state index is 0.00116. The molecule has 0 saturated carbocycles. The molecule has 0 heterocycles. The molecule has 0 unspecified atom stereocenters. The van der Waals surface area contributed by atoms with Crippen LogP contribution in [0.5, 0.6) is 0 Å². The van der Waals surface area contributed by atoms with Crippen LogP contribution in [0.2, 0.25) is 0 Å². The normalized spacial score (nSPS) is 11.2. The lowest BCUT2D eigenvalue weighted by atomic mass is 10.1. The molecule has 2 amide bonds. The van der Waals surface area contributed by atoms with E-state index in [-0.39, 0.29) is 11.8 Å². The van der Waals surface area contributed by atoms with Crippen LogP contribution < -0.4 is 10.9 Å². The number of hydrazone groups is 2. The van der Waals surface area contributed by atoms with Gasteiger partial charge in [0.2, 0.25) is 11.8 Å². The number of rotatable bonds is 15. The van der Waals surface area contributed by atoms with E-state index >= 15 is 0 Å². The molecular formula is C18H34N4O2. The van der Waals surface area contributed by atoms with Gasteiger partial charge in [0.05, 0.1) is 0 Å². The first-order chi connectivity index (χ1) is 11.7. The lowest BCUT2D eigenvalue weighted by Crippen LogP contribution is -2.16. The van der Waals surface area contributed by atoms with Gasteiger partial charge >= 0.3 is 0 Å². The summed E-state index contributed by atoms with van der Waals surface area (Å²) in [4.78, 5) is 22.8. The van der Waals surface area contributed by atoms with Crippen molar-refractivity contribution in [3.05, 3.63) is 0 Å². The van der Waals surface area contributed by atoms with E-state index in [1.807, 2.05) is 13.8 Å². The van der Waals surface area contributed by atoms with E-state index in [4.69, 9.17) is 0 Å². The maximum Gasteiger partial charge on any atom is 0.240 e. The Morgan fingerprint density at radius 1 is 0.667 bits per heavy atom. The summed E-state index contributed by atoms with van der Waals surface area (Å²) in [5.74, 6) is 0.00231. The first kappa shape index (κ1) is 22.3. The van der Waals surface area contributed by atoms with Gasteiger partial charge in [0.1, 0.15) is 0 Å². The van der Waals surface area contributed by atoms with Gasteiger partial charge in [-0.25, -0.2) is 10.9 Å². The zero-order chi connectivity index (χ0) is 17.9. The molecule has 0 aliphatic heterocycles. The lowest BCUT2D eigenvalue weighted by Gasteiger charge is -2.03. The Labute approximate surface area is 146 Å². The van der Waals surface area contributed by atoms with E-state index in [1.54, 1.807) is 12.4 Å². The number of amides is 2. The summed E-state index contributed by atoms with van der Waals surface area (Å²) < 4.78 is 0. The van der Waals surface area contributed by atoms with Gasteiger partial charge in [-0.05, 0) is 25.7 Å². The van der Waals surface area contributed by atoms with Crippen LogP contribution in [-0.2, 0) is 9.59 Å². The maximum atomic E-state index is 11.4. The van der Waals surface area contributed by atoms with Crippen LogP contribution >= 0.6 is 0 Å². The fourth-order valence-corrected chi connectivity index (χ4v) is 2.16. The van der Waals surface area contributed by atoms with E-state index in [0.29, 0.717) is 12.8 Å². The third kappa shape index (κ3) is 16.6. The molecule has 6 heteroatoms. The summed E-state index contributed by atoms with van der Waals surface area (Å²) in [6, 6.07) is 0. The molecule has 138 valence electrons. The lowest BCUT2D eigenvalue weighted by molar-refractivity contribution is -0.122. The fraction of sp³-hybridized carbons (Fsp3) is 0.778. The number of carbonyl (C=O) groups excluding carboxylic acids is 2. The van der Waals surface area contributed by atoms with Crippen LogP contribution in [0, 0.1) is 0 Å². The van der Waals surface area contributed by atoms with E-state index in [1.165, 1.54) is 12.8 Å². The summed E-state index contributed by atoms with van der Waals surface area (Å²) in [7, 11) is 0. The van der Waals surface area contributed by atoms with Gasteiger partial charge in [0.25, 0.3) is 0 Å². The van der Waals surface area contributed by atoms with Gasteiger partial charge < -0.3 is 0 Å². The van der Waals surface area contributed by atoms with Crippen LogP contribution in [0.3, 0.4) is 0 Å². The summed E-state index contributed by atoms with van der Waals surface area (Å²) >= 11 is 0. The number of unbranched alkanes of at least 4 members (excludes halogenated alkanes) is 7. The van der Waals surface area contributed by atoms with Gasteiger partial charge in [0, 0.05) is 25.3 Å². The smallest absolute Gasteiger partial charge is 0.240 e. The number of carbonyl (C=O) groups is 2. The van der Waals surface area contributed by atoms with Crippen LogP contribution in [0.4, 0.5) is 0 Å². The van der Waals surface area contributed by atoms with Crippen molar-refractivity contribution >= 4 is 24.2 Å². The summed E-state index contributed by atoms with van der Waals surface area (Å²) in [6.07, 6.45) is 14.9. The van der Waals surface area contributed by atoms with Crippen molar-refractivity contribution in [2.75, 3.05) is 0 Å². The minimum absolute atomic E-state index is 0.00116. The largest absolute Gasteiger partial charge is 0.273 e. The number of hydrogen-bond acceptors (Lipinski definition) is 4. The Morgan fingerprint density at radius 2 is 1.00 bits per heavy atom. The minimum Gasteiger partial charge on any atom is -0.273 e. The summed E-state index contributed by atoms with van der Waals surface area (Å²) in [5, 5.41) is 7.64. The quantitative estimate of drug-likeness (QED) is 0.269. The molecule has 0 spiro atoms. The highest BCUT2D eigenvalue weighted by Gasteiger charge is 2.00. The highest BCUT2D eigenvalue weighted by molar-refractivity contribution is 5.77. The second-order valence-corrected chi connectivity index (χ2v) is 5.84. The molecule has 0 aromatic rings. The second kappa shape index (κ2) is 17.6. The van der Waals surface area contributed by atoms with Crippen molar-refractivity contribution in [3.8, 4) is 0 Å². The zero-order valence-electron chi connectivity index (χ0n) is 15.4. The fourth-order valence-electron chi connectivity index (χ4n) is 2.16. The summed E-state index contributed by atoms with van der Waals surface area (Å²) in [6.45, 7) is 3.96. The molecule has 0 aromatic heterocycles.